The van der Waals surface area contributed by atoms with Gasteiger partial charge >= 0.3 is 0 Å². The number of likely N-dealkylation sites (N-methyl/N-ethyl adjacent to an activating group) is 1. The van der Waals surface area contributed by atoms with Gasteiger partial charge in [0.15, 0.2) is 0 Å². The molecule has 0 unspecified atom stereocenters. The second kappa shape index (κ2) is 10.7. The molecule has 0 aliphatic heterocycles. The summed E-state index contributed by atoms with van der Waals surface area (Å²) in [6.07, 6.45) is 1.86. The average Bonchev–Trinajstić information content (AvgIpc) is 2.62. The molecule has 0 aromatic heterocycles. The molecule has 2 aromatic carbocycles. The monoisotopic (exact) mass is 370 g/mol. The highest BCUT2D eigenvalue weighted by atomic mass is 32.2. The maximum absolute atomic E-state index is 12.4. The Bertz CT molecular complexity index is 716. The van der Waals surface area contributed by atoms with Gasteiger partial charge in [0.1, 0.15) is 5.75 Å². The Hall–Kier alpha value is -2.24. The van der Waals surface area contributed by atoms with E-state index >= 15 is 0 Å². The molecule has 0 atom stereocenters. The molecular formula is C21H26N2O2S. The predicted octanol–water partition coefficient (Wildman–Crippen LogP) is 4.43. The lowest BCUT2D eigenvalue weighted by Gasteiger charge is -2.17. The number of rotatable bonds is 10. The molecule has 0 heterocycles. The van der Waals surface area contributed by atoms with Crippen LogP contribution in [0.15, 0.2) is 66.1 Å². The second-order valence-electron chi connectivity index (χ2n) is 5.89. The van der Waals surface area contributed by atoms with Crippen LogP contribution in [0.1, 0.15) is 12.5 Å². The van der Waals surface area contributed by atoms with Crippen molar-refractivity contribution < 1.29 is 9.53 Å². The zero-order chi connectivity index (χ0) is 18.8. The lowest BCUT2D eigenvalue weighted by atomic mass is 10.2. The van der Waals surface area contributed by atoms with Crippen LogP contribution in [0.25, 0.3) is 0 Å². The van der Waals surface area contributed by atoms with Crippen LogP contribution in [0.2, 0.25) is 0 Å². The van der Waals surface area contributed by atoms with Crippen molar-refractivity contribution in [2.75, 3.05) is 31.3 Å². The van der Waals surface area contributed by atoms with Gasteiger partial charge in [-0.15, -0.1) is 18.3 Å². The molecule has 0 saturated heterocycles. The molecule has 26 heavy (non-hydrogen) atoms. The van der Waals surface area contributed by atoms with Gasteiger partial charge in [-0.05, 0) is 43.8 Å². The summed E-state index contributed by atoms with van der Waals surface area (Å²) in [4.78, 5) is 15.4. The molecular weight excluding hydrogens is 344 g/mol. The van der Waals surface area contributed by atoms with Gasteiger partial charge in [0.05, 0.1) is 18.8 Å². The molecule has 1 amide bonds. The van der Waals surface area contributed by atoms with Gasteiger partial charge in [-0.3, -0.25) is 9.69 Å². The van der Waals surface area contributed by atoms with Crippen molar-refractivity contribution in [3.05, 3.63) is 66.7 Å². The lowest BCUT2D eigenvalue weighted by molar-refractivity contribution is -0.117. The van der Waals surface area contributed by atoms with Crippen molar-refractivity contribution in [3.63, 3.8) is 0 Å². The molecule has 0 saturated carbocycles. The van der Waals surface area contributed by atoms with Crippen LogP contribution in [0.3, 0.4) is 0 Å². The van der Waals surface area contributed by atoms with Crippen molar-refractivity contribution in [3.8, 4) is 5.75 Å². The van der Waals surface area contributed by atoms with E-state index in [0.29, 0.717) is 19.7 Å². The lowest BCUT2D eigenvalue weighted by Crippen LogP contribution is -2.30. The fraction of sp³-hybridized carbons (Fsp3) is 0.286. The molecule has 0 fully saturated rings. The van der Waals surface area contributed by atoms with E-state index in [4.69, 9.17) is 4.74 Å². The Morgan fingerprint density at radius 3 is 2.65 bits per heavy atom. The van der Waals surface area contributed by atoms with E-state index in [1.54, 1.807) is 11.8 Å². The summed E-state index contributed by atoms with van der Waals surface area (Å²) >= 11 is 1.66. The largest absolute Gasteiger partial charge is 0.494 e. The second-order valence-corrected chi connectivity index (χ2v) is 6.96. The summed E-state index contributed by atoms with van der Waals surface area (Å²) in [5.41, 5.74) is 1.99. The van der Waals surface area contributed by atoms with E-state index in [-0.39, 0.29) is 5.91 Å². The SMILES string of the molecule is C=CCSc1ccccc1NC(=O)CN(C)Cc1ccc(OCC)cc1. The smallest absolute Gasteiger partial charge is 0.238 e. The van der Waals surface area contributed by atoms with E-state index in [9.17, 15) is 4.79 Å². The fourth-order valence-corrected chi connectivity index (χ4v) is 3.25. The average molecular weight is 371 g/mol. The van der Waals surface area contributed by atoms with E-state index in [1.807, 2.05) is 73.5 Å². The number of thioether (sulfide) groups is 1. The molecule has 2 aromatic rings. The van der Waals surface area contributed by atoms with Crippen LogP contribution in [0, 0.1) is 0 Å². The molecule has 0 spiro atoms. The molecule has 0 aliphatic carbocycles. The van der Waals surface area contributed by atoms with Crippen LogP contribution in [-0.2, 0) is 11.3 Å². The van der Waals surface area contributed by atoms with E-state index in [0.717, 1.165) is 27.6 Å². The Kier molecular flexibility index (Phi) is 8.25. The van der Waals surface area contributed by atoms with Crippen LogP contribution in [0.4, 0.5) is 5.69 Å². The Balaban J connectivity index is 1.88. The minimum atomic E-state index is -0.0231. The topological polar surface area (TPSA) is 41.6 Å². The number of benzene rings is 2. The predicted molar refractivity (Wildman–Crippen MR) is 110 cm³/mol. The molecule has 0 aliphatic rings. The summed E-state index contributed by atoms with van der Waals surface area (Å²) in [7, 11) is 1.94. The fourth-order valence-electron chi connectivity index (χ4n) is 2.50. The number of carbonyl (C=O) groups excluding carboxylic acids is 1. The van der Waals surface area contributed by atoms with Crippen LogP contribution in [-0.4, -0.2) is 36.8 Å². The van der Waals surface area contributed by atoms with Gasteiger partial charge in [0, 0.05) is 17.2 Å². The first-order valence-electron chi connectivity index (χ1n) is 8.65. The van der Waals surface area contributed by atoms with Crippen molar-refractivity contribution in [1.29, 1.82) is 0 Å². The number of para-hydroxylation sites is 1. The van der Waals surface area contributed by atoms with Crippen molar-refractivity contribution in [2.45, 2.75) is 18.4 Å². The first kappa shape index (κ1) is 20.1. The van der Waals surface area contributed by atoms with Gasteiger partial charge < -0.3 is 10.1 Å². The number of amides is 1. The Morgan fingerprint density at radius 2 is 1.96 bits per heavy atom. The number of ether oxygens (including phenoxy) is 1. The van der Waals surface area contributed by atoms with Gasteiger partial charge in [-0.1, -0.05) is 30.3 Å². The molecule has 138 valence electrons. The van der Waals surface area contributed by atoms with Crippen molar-refractivity contribution in [1.82, 2.24) is 4.90 Å². The molecule has 4 nitrogen and oxygen atoms in total. The number of hydrogen-bond acceptors (Lipinski definition) is 4. The highest BCUT2D eigenvalue weighted by Gasteiger charge is 2.10. The normalized spacial score (nSPS) is 10.6. The van der Waals surface area contributed by atoms with Gasteiger partial charge in [0.25, 0.3) is 0 Å². The Morgan fingerprint density at radius 1 is 1.23 bits per heavy atom. The van der Waals surface area contributed by atoms with E-state index in [1.165, 1.54) is 0 Å². The summed E-state index contributed by atoms with van der Waals surface area (Å²) in [5, 5.41) is 3.01. The minimum Gasteiger partial charge on any atom is -0.494 e. The minimum absolute atomic E-state index is 0.0231. The molecule has 5 heteroatoms. The van der Waals surface area contributed by atoms with Crippen LogP contribution < -0.4 is 10.1 Å². The summed E-state index contributed by atoms with van der Waals surface area (Å²) in [6.45, 7) is 7.39. The highest BCUT2D eigenvalue weighted by Crippen LogP contribution is 2.26. The third-order valence-corrected chi connectivity index (χ3v) is 4.69. The van der Waals surface area contributed by atoms with Gasteiger partial charge in [-0.2, -0.15) is 0 Å². The number of nitrogens with zero attached hydrogens (tertiary/aromatic N) is 1. The Labute approximate surface area is 160 Å². The quantitative estimate of drug-likeness (QED) is 0.496. The number of carbonyl (C=O) groups is 1. The summed E-state index contributed by atoms with van der Waals surface area (Å²) in [6, 6.07) is 15.8. The van der Waals surface area contributed by atoms with Crippen LogP contribution >= 0.6 is 11.8 Å². The summed E-state index contributed by atoms with van der Waals surface area (Å²) in [5.74, 6) is 1.65. The maximum Gasteiger partial charge on any atom is 0.238 e. The van der Waals surface area contributed by atoms with Crippen molar-refractivity contribution >= 4 is 23.4 Å². The molecule has 0 radical (unpaired) electrons. The van der Waals surface area contributed by atoms with E-state index < -0.39 is 0 Å². The third-order valence-electron chi connectivity index (χ3n) is 3.62. The zero-order valence-electron chi connectivity index (χ0n) is 15.4. The third kappa shape index (κ3) is 6.58. The first-order chi connectivity index (χ1) is 12.6. The molecule has 2 rings (SSSR count). The van der Waals surface area contributed by atoms with Crippen LogP contribution in [0.5, 0.6) is 5.75 Å². The molecule has 1 N–H and O–H groups in total. The van der Waals surface area contributed by atoms with Gasteiger partial charge in [-0.25, -0.2) is 0 Å². The first-order valence-corrected chi connectivity index (χ1v) is 9.63. The van der Waals surface area contributed by atoms with Crippen molar-refractivity contribution in [2.24, 2.45) is 0 Å². The van der Waals surface area contributed by atoms with Gasteiger partial charge in [0.2, 0.25) is 5.91 Å². The molecule has 0 bridgehead atoms. The zero-order valence-corrected chi connectivity index (χ0v) is 16.2. The number of anilines is 1. The number of hydrogen-bond donors (Lipinski definition) is 1. The maximum atomic E-state index is 12.4. The van der Waals surface area contributed by atoms with E-state index in [2.05, 4.69) is 11.9 Å². The summed E-state index contributed by atoms with van der Waals surface area (Å²) < 4.78 is 5.45. The number of nitrogens with one attached hydrogen (secondary N) is 1. The highest BCUT2D eigenvalue weighted by molar-refractivity contribution is 7.99. The standard InChI is InChI=1S/C21H26N2O2S/c1-4-14-26-20-9-7-6-8-19(20)22-21(24)16-23(3)15-17-10-12-18(13-11-17)25-5-2/h4,6-13H,1,5,14-16H2,2-3H3,(H,22,24).